The van der Waals surface area contributed by atoms with Gasteiger partial charge in [-0.1, -0.05) is 25.1 Å². The number of aromatic nitrogens is 1. The average Bonchev–Trinajstić information content (AvgIpc) is 2.65. The minimum Gasteiger partial charge on any atom is -0.472 e. The lowest BCUT2D eigenvalue weighted by molar-refractivity contribution is -0.0135. The van der Waals surface area contributed by atoms with Crippen LogP contribution in [0, 0.1) is 0 Å². The molecule has 2 aromatic rings. The largest absolute Gasteiger partial charge is 0.472 e. The topological polar surface area (TPSA) is 25.0 Å². The van der Waals surface area contributed by atoms with Crippen LogP contribution in [-0.4, -0.2) is 10.6 Å². The predicted octanol–water partition coefficient (Wildman–Crippen LogP) is 3.88. The molecule has 16 heavy (non-hydrogen) atoms. The first kappa shape index (κ1) is 9.76. The molecule has 0 saturated heterocycles. The van der Waals surface area contributed by atoms with Gasteiger partial charge in [0, 0.05) is 17.0 Å². The Balaban J connectivity index is 1.89. The van der Waals surface area contributed by atoms with E-state index in [1.807, 2.05) is 6.07 Å². The lowest BCUT2D eigenvalue weighted by Gasteiger charge is -2.40. The van der Waals surface area contributed by atoms with E-state index >= 15 is 0 Å². The van der Waals surface area contributed by atoms with Gasteiger partial charge in [0.2, 0.25) is 0 Å². The molecular formula is C14H17NO. The Labute approximate surface area is 95.6 Å². The molecule has 0 radical (unpaired) electrons. The lowest BCUT2D eigenvalue weighted by Crippen LogP contribution is -2.42. The molecule has 0 spiro atoms. The summed E-state index contributed by atoms with van der Waals surface area (Å²) in [5, 5.41) is 1.23. The second-order valence-electron chi connectivity index (χ2n) is 4.71. The Morgan fingerprint density at radius 3 is 2.75 bits per heavy atom. The summed E-state index contributed by atoms with van der Waals surface area (Å²) < 4.78 is 6.12. The Bertz CT molecular complexity index is 458. The molecule has 1 aromatic carbocycles. The average molecular weight is 215 g/mol. The van der Waals surface area contributed by atoms with E-state index in [-0.39, 0.29) is 5.60 Å². The molecule has 84 valence electrons. The molecule has 1 heterocycles. The van der Waals surface area contributed by atoms with Crippen LogP contribution in [0.1, 0.15) is 32.6 Å². The summed E-state index contributed by atoms with van der Waals surface area (Å²) >= 11 is 0. The number of nitrogens with one attached hydrogen (secondary N) is 1. The van der Waals surface area contributed by atoms with E-state index in [2.05, 4.69) is 36.2 Å². The first-order valence-corrected chi connectivity index (χ1v) is 6.08. The number of fused-ring (bicyclic) bond motifs is 1. The molecule has 2 nitrogen and oxygen atoms in total. The second-order valence-corrected chi connectivity index (χ2v) is 4.71. The highest BCUT2D eigenvalue weighted by Crippen LogP contribution is 2.39. The van der Waals surface area contributed by atoms with Gasteiger partial charge >= 0.3 is 0 Å². The quantitative estimate of drug-likeness (QED) is 0.825. The second kappa shape index (κ2) is 3.55. The SMILES string of the molecule is CCC1(Oc2cc3ccccc3[nH]2)CCC1. The van der Waals surface area contributed by atoms with Gasteiger partial charge in [0.05, 0.1) is 0 Å². The van der Waals surface area contributed by atoms with Crippen LogP contribution >= 0.6 is 0 Å². The fraction of sp³-hybridized carbons (Fsp3) is 0.429. The normalized spacial score (nSPS) is 18.3. The summed E-state index contributed by atoms with van der Waals surface area (Å²) in [6.45, 7) is 2.21. The molecule has 1 fully saturated rings. The maximum Gasteiger partial charge on any atom is 0.192 e. The summed E-state index contributed by atoms with van der Waals surface area (Å²) in [6.07, 6.45) is 4.79. The zero-order valence-corrected chi connectivity index (χ0v) is 9.62. The third kappa shape index (κ3) is 1.49. The van der Waals surface area contributed by atoms with Crippen LogP contribution in [0.3, 0.4) is 0 Å². The Morgan fingerprint density at radius 1 is 1.31 bits per heavy atom. The van der Waals surface area contributed by atoms with Crippen LogP contribution in [0.4, 0.5) is 0 Å². The molecular weight excluding hydrogens is 198 g/mol. The van der Waals surface area contributed by atoms with Gasteiger partial charge in [-0.2, -0.15) is 0 Å². The van der Waals surface area contributed by atoms with Gasteiger partial charge in [-0.25, -0.2) is 0 Å². The molecule has 1 aliphatic carbocycles. The summed E-state index contributed by atoms with van der Waals surface area (Å²) in [5.74, 6) is 0.919. The summed E-state index contributed by atoms with van der Waals surface area (Å²) in [7, 11) is 0. The van der Waals surface area contributed by atoms with E-state index in [1.54, 1.807) is 0 Å². The van der Waals surface area contributed by atoms with Crippen molar-refractivity contribution in [3.8, 4) is 5.88 Å². The van der Waals surface area contributed by atoms with Crippen LogP contribution in [0.2, 0.25) is 0 Å². The first-order chi connectivity index (χ1) is 7.81. The third-order valence-electron chi connectivity index (χ3n) is 3.74. The van der Waals surface area contributed by atoms with E-state index in [4.69, 9.17) is 4.74 Å². The standard InChI is InChI=1S/C14H17NO/c1-2-14(8-5-9-14)16-13-10-11-6-3-4-7-12(11)15-13/h3-4,6-7,10,15H,2,5,8-9H2,1H3. The number of H-pyrrole nitrogens is 1. The van der Waals surface area contributed by atoms with Gasteiger partial charge in [-0.3, -0.25) is 0 Å². The third-order valence-corrected chi connectivity index (χ3v) is 3.74. The fourth-order valence-corrected chi connectivity index (χ4v) is 2.43. The summed E-state index contributed by atoms with van der Waals surface area (Å²) in [6, 6.07) is 10.4. The number of hydrogen-bond acceptors (Lipinski definition) is 1. The van der Waals surface area contributed by atoms with E-state index in [0.29, 0.717) is 0 Å². The number of aromatic amines is 1. The van der Waals surface area contributed by atoms with Crippen molar-refractivity contribution >= 4 is 10.9 Å². The molecule has 0 aliphatic heterocycles. The smallest absolute Gasteiger partial charge is 0.192 e. The van der Waals surface area contributed by atoms with Crippen LogP contribution in [0.15, 0.2) is 30.3 Å². The minimum absolute atomic E-state index is 0.112. The van der Waals surface area contributed by atoms with Gasteiger partial charge in [0.25, 0.3) is 0 Å². The summed E-state index contributed by atoms with van der Waals surface area (Å²) in [5.41, 5.74) is 1.27. The number of para-hydroxylation sites is 1. The molecule has 1 aromatic heterocycles. The van der Waals surface area contributed by atoms with Crippen LogP contribution in [0.5, 0.6) is 5.88 Å². The number of hydrogen-bond donors (Lipinski definition) is 1. The molecule has 1 aliphatic rings. The van der Waals surface area contributed by atoms with Crippen LogP contribution < -0.4 is 4.74 Å². The molecule has 0 atom stereocenters. The summed E-state index contributed by atoms with van der Waals surface area (Å²) in [4.78, 5) is 3.33. The molecule has 0 amide bonds. The van der Waals surface area contributed by atoms with Crippen molar-refractivity contribution in [3.63, 3.8) is 0 Å². The zero-order chi connectivity index (χ0) is 11.0. The van der Waals surface area contributed by atoms with Crippen molar-refractivity contribution in [2.45, 2.75) is 38.2 Å². The highest BCUT2D eigenvalue weighted by atomic mass is 16.5. The van der Waals surface area contributed by atoms with Crippen LogP contribution in [0.25, 0.3) is 10.9 Å². The first-order valence-electron chi connectivity index (χ1n) is 6.08. The highest BCUT2D eigenvalue weighted by Gasteiger charge is 2.37. The molecule has 2 heteroatoms. The molecule has 1 saturated carbocycles. The van der Waals surface area contributed by atoms with Gasteiger partial charge in [0.1, 0.15) is 5.60 Å². The van der Waals surface area contributed by atoms with Crippen molar-refractivity contribution in [3.05, 3.63) is 30.3 Å². The number of benzene rings is 1. The number of ether oxygens (including phenoxy) is 1. The maximum absolute atomic E-state index is 6.12. The van der Waals surface area contributed by atoms with E-state index in [1.165, 1.54) is 24.6 Å². The van der Waals surface area contributed by atoms with Gasteiger partial charge in [-0.15, -0.1) is 0 Å². The molecule has 0 bridgehead atoms. The molecule has 0 unspecified atom stereocenters. The minimum atomic E-state index is 0.112. The zero-order valence-electron chi connectivity index (χ0n) is 9.62. The Morgan fingerprint density at radius 2 is 2.12 bits per heavy atom. The predicted molar refractivity (Wildman–Crippen MR) is 65.8 cm³/mol. The molecule has 1 N–H and O–H groups in total. The van der Waals surface area contributed by atoms with Crippen molar-refractivity contribution < 1.29 is 4.74 Å². The molecule has 3 rings (SSSR count). The Hall–Kier alpha value is -1.44. The van der Waals surface area contributed by atoms with Crippen molar-refractivity contribution in [1.82, 2.24) is 4.98 Å². The maximum atomic E-state index is 6.12. The van der Waals surface area contributed by atoms with Gasteiger partial charge < -0.3 is 9.72 Å². The highest BCUT2D eigenvalue weighted by molar-refractivity contribution is 5.81. The van der Waals surface area contributed by atoms with Crippen molar-refractivity contribution in [2.75, 3.05) is 0 Å². The number of rotatable bonds is 3. The monoisotopic (exact) mass is 215 g/mol. The lowest BCUT2D eigenvalue weighted by atomic mass is 9.78. The van der Waals surface area contributed by atoms with Crippen molar-refractivity contribution in [2.24, 2.45) is 0 Å². The van der Waals surface area contributed by atoms with Crippen LogP contribution in [-0.2, 0) is 0 Å². The van der Waals surface area contributed by atoms with E-state index < -0.39 is 0 Å². The van der Waals surface area contributed by atoms with Gasteiger partial charge in [0.15, 0.2) is 5.88 Å². The Kier molecular flexibility index (Phi) is 2.16. The van der Waals surface area contributed by atoms with Crippen molar-refractivity contribution in [1.29, 1.82) is 0 Å². The fourth-order valence-electron chi connectivity index (χ4n) is 2.43. The van der Waals surface area contributed by atoms with E-state index in [0.717, 1.165) is 17.8 Å². The van der Waals surface area contributed by atoms with Gasteiger partial charge in [-0.05, 0) is 31.7 Å². The van der Waals surface area contributed by atoms with E-state index in [9.17, 15) is 0 Å².